The van der Waals surface area contributed by atoms with Crippen molar-refractivity contribution in [2.75, 3.05) is 0 Å². The van der Waals surface area contributed by atoms with Gasteiger partial charge in [-0.15, -0.1) is 0 Å². The van der Waals surface area contributed by atoms with E-state index in [1.165, 1.54) is 0 Å². The van der Waals surface area contributed by atoms with E-state index in [0.717, 1.165) is 12.8 Å². The smallest absolute Gasteiger partial charge is 0.306 e. The van der Waals surface area contributed by atoms with Crippen LogP contribution in [0.25, 0.3) is 0 Å². The molecule has 0 amide bonds. The summed E-state index contributed by atoms with van der Waals surface area (Å²) < 4.78 is 0. The third kappa shape index (κ3) is 8.98. The van der Waals surface area contributed by atoms with Crippen molar-refractivity contribution in [3.05, 3.63) is 0 Å². The van der Waals surface area contributed by atoms with Crippen molar-refractivity contribution in [1.29, 1.82) is 0 Å². The van der Waals surface area contributed by atoms with E-state index < -0.39 is 24.0 Å². The first-order valence-corrected chi connectivity index (χ1v) is 6.60. The molecule has 0 rings (SSSR count). The van der Waals surface area contributed by atoms with Gasteiger partial charge in [0.15, 0.2) is 0 Å². The van der Waals surface area contributed by atoms with E-state index in [2.05, 4.69) is 0 Å². The highest BCUT2D eigenvalue weighted by molar-refractivity contribution is 5.70. The molecule has 18 heavy (non-hydrogen) atoms. The zero-order valence-electron chi connectivity index (χ0n) is 11.0. The lowest BCUT2D eigenvalue weighted by molar-refractivity contribution is -0.143. The average Bonchev–Trinajstić information content (AvgIpc) is 2.29. The predicted octanol–water partition coefficient (Wildman–Crippen LogP) is 2.27. The number of unbranched alkanes of at least 4 members (excludes halogenated alkanes) is 1. The van der Waals surface area contributed by atoms with Gasteiger partial charge in [0.1, 0.15) is 0 Å². The summed E-state index contributed by atoms with van der Waals surface area (Å²) >= 11 is 0. The maximum atomic E-state index is 11.0. The highest BCUT2D eigenvalue weighted by Gasteiger charge is 2.18. The van der Waals surface area contributed by atoms with Crippen LogP contribution in [0.3, 0.4) is 0 Å². The molecule has 0 bridgehead atoms. The molecule has 0 radical (unpaired) electrons. The van der Waals surface area contributed by atoms with Crippen molar-refractivity contribution < 1.29 is 24.9 Å². The standard InChI is InChI=1S/C13H24O5/c1-2-3-6-11(14)9-8-10(13(17)18)5-4-7-12(15)16/h10-11,14H,2-9H2,1H3,(H,15,16)(H,17,18). The molecule has 0 aromatic carbocycles. The van der Waals surface area contributed by atoms with Crippen LogP contribution in [0.5, 0.6) is 0 Å². The van der Waals surface area contributed by atoms with Crippen LogP contribution >= 0.6 is 0 Å². The molecular formula is C13H24O5. The molecule has 106 valence electrons. The number of carboxylic acid groups (broad SMARTS) is 2. The molecule has 2 unspecified atom stereocenters. The summed E-state index contributed by atoms with van der Waals surface area (Å²) in [6.07, 6.45) is 3.85. The minimum absolute atomic E-state index is 0.00215. The van der Waals surface area contributed by atoms with E-state index in [1.54, 1.807) is 0 Å². The maximum Gasteiger partial charge on any atom is 0.306 e. The van der Waals surface area contributed by atoms with Gasteiger partial charge >= 0.3 is 11.9 Å². The quantitative estimate of drug-likeness (QED) is 0.529. The largest absolute Gasteiger partial charge is 0.481 e. The topological polar surface area (TPSA) is 94.8 Å². The van der Waals surface area contributed by atoms with E-state index in [0.29, 0.717) is 32.1 Å². The Labute approximate surface area is 108 Å². The van der Waals surface area contributed by atoms with Crippen LogP contribution in [0, 0.1) is 5.92 Å². The highest BCUT2D eigenvalue weighted by Crippen LogP contribution is 2.18. The zero-order valence-corrected chi connectivity index (χ0v) is 11.0. The number of aliphatic hydroxyl groups excluding tert-OH is 1. The average molecular weight is 260 g/mol. The number of aliphatic hydroxyl groups is 1. The summed E-state index contributed by atoms with van der Waals surface area (Å²) in [7, 11) is 0. The lowest BCUT2D eigenvalue weighted by atomic mass is 9.94. The number of carbonyl (C=O) groups is 2. The number of carboxylic acids is 2. The minimum Gasteiger partial charge on any atom is -0.481 e. The molecule has 0 fully saturated rings. The Morgan fingerprint density at radius 1 is 1.00 bits per heavy atom. The van der Waals surface area contributed by atoms with Crippen molar-refractivity contribution in [2.24, 2.45) is 5.92 Å². The van der Waals surface area contributed by atoms with Gasteiger partial charge in [-0.05, 0) is 32.1 Å². The Kier molecular flexibility index (Phi) is 9.28. The van der Waals surface area contributed by atoms with Gasteiger partial charge in [-0.3, -0.25) is 9.59 Å². The molecule has 0 aromatic heterocycles. The third-order valence-electron chi connectivity index (χ3n) is 3.03. The Morgan fingerprint density at radius 2 is 1.67 bits per heavy atom. The normalized spacial score (nSPS) is 14.1. The number of aliphatic carboxylic acids is 2. The highest BCUT2D eigenvalue weighted by atomic mass is 16.4. The van der Waals surface area contributed by atoms with Gasteiger partial charge in [0.2, 0.25) is 0 Å². The molecule has 0 saturated heterocycles. The van der Waals surface area contributed by atoms with Crippen LogP contribution in [-0.4, -0.2) is 33.4 Å². The summed E-state index contributed by atoms with van der Waals surface area (Å²) in [6, 6.07) is 0. The number of hydrogen-bond acceptors (Lipinski definition) is 3. The molecule has 3 N–H and O–H groups in total. The Bertz CT molecular complexity index is 252. The first-order chi connectivity index (χ1) is 8.47. The van der Waals surface area contributed by atoms with Gasteiger partial charge in [-0.1, -0.05) is 19.8 Å². The second kappa shape index (κ2) is 9.88. The van der Waals surface area contributed by atoms with Crippen LogP contribution in [0.2, 0.25) is 0 Å². The molecule has 0 heterocycles. The van der Waals surface area contributed by atoms with Gasteiger partial charge in [-0.2, -0.15) is 0 Å². The second-order valence-electron chi connectivity index (χ2n) is 4.69. The summed E-state index contributed by atoms with van der Waals surface area (Å²) in [5.74, 6) is -2.34. The van der Waals surface area contributed by atoms with Gasteiger partial charge in [-0.25, -0.2) is 0 Å². The molecule has 5 nitrogen and oxygen atoms in total. The molecular weight excluding hydrogens is 236 g/mol. The third-order valence-corrected chi connectivity index (χ3v) is 3.03. The first kappa shape index (κ1) is 16.9. The molecule has 0 aliphatic heterocycles. The molecule has 0 aliphatic carbocycles. The van der Waals surface area contributed by atoms with Crippen molar-refractivity contribution in [3.8, 4) is 0 Å². The lowest BCUT2D eigenvalue weighted by Gasteiger charge is -2.14. The fourth-order valence-corrected chi connectivity index (χ4v) is 1.87. The van der Waals surface area contributed by atoms with E-state index in [9.17, 15) is 14.7 Å². The van der Waals surface area contributed by atoms with E-state index in [1.807, 2.05) is 6.92 Å². The molecule has 0 aromatic rings. The monoisotopic (exact) mass is 260 g/mol. The summed E-state index contributed by atoms with van der Waals surface area (Å²) in [4.78, 5) is 21.3. The van der Waals surface area contributed by atoms with Crippen LogP contribution in [-0.2, 0) is 9.59 Å². The van der Waals surface area contributed by atoms with Gasteiger partial charge < -0.3 is 15.3 Å². The summed E-state index contributed by atoms with van der Waals surface area (Å²) in [5, 5.41) is 27.1. The van der Waals surface area contributed by atoms with E-state index in [4.69, 9.17) is 10.2 Å². The van der Waals surface area contributed by atoms with E-state index >= 15 is 0 Å². The van der Waals surface area contributed by atoms with Crippen molar-refractivity contribution >= 4 is 11.9 Å². The van der Waals surface area contributed by atoms with Crippen LogP contribution < -0.4 is 0 Å². The molecule has 5 heteroatoms. The summed E-state index contributed by atoms with van der Waals surface area (Å²) in [6.45, 7) is 2.04. The Balaban J connectivity index is 3.89. The number of hydrogen-bond donors (Lipinski definition) is 3. The van der Waals surface area contributed by atoms with Crippen molar-refractivity contribution in [1.82, 2.24) is 0 Å². The minimum atomic E-state index is -0.901. The zero-order chi connectivity index (χ0) is 14.0. The Morgan fingerprint density at radius 3 is 2.17 bits per heavy atom. The lowest BCUT2D eigenvalue weighted by Crippen LogP contribution is -2.17. The molecule has 0 aliphatic rings. The number of rotatable bonds is 11. The fourth-order valence-electron chi connectivity index (χ4n) is 1.87. The van der Waals surface area contributed by atoms with Crippen molar-refractivity contribution in [3.63, 3.8) is 0 Å². The van der Waals surface area contributed by atoms with Crippen molar-refractivity contribution in [2.45, 2.75) is 64.4 Å². The SMILES string of the molecule is CCCCC(O)CCC(CCCC(=O)O)C(=O)O. The fraction of sp³-hybridized carbons (Fsp3) is 0.846. The van der Waals surface area contributed by atoms with E-state index in [-0.39, 0.29) is 6.42 Å². The first-order valence-electron chi connectivity index (χ1n) is 6.60. The second-order valence-corrected chi connectivity index (χ2v) is 4.69. The molecule has 2 atom stereocenters. The maximum absolute atomic E-state index is 11.0. The van der Waals surface area contributed by atoms with Gasteiger partial charge in [0.25, 0.3) is 0 Å². The van der Waals surface area contributed by atoms with Gasteiger partial charge in [0.05, 0.1) is 12.0 Å². The van der Waals surface area contributed by atoms with Crippen LogP contribution in [0.1, 0.15) is 58.3 Å². The van der Waals surface area contributed by atoms with Crippen LogP contribution in [0.15, 0.2) is 0 Å². The molecule has 0 saturated carbocycles. The molecule has 0 spiro atoms. The van der Waals surface area contributed by atoms with Gasteiger partial charge in [0, 0.05) is 6.42 Å². The summed E-state index contributed by atoms with van der Waals surface area (Å²) in [5.41, 5.74) is 0. The Hall–Kier alpha value is -1.10. The van der Waals surface area contributed by atoms with Crippen LogP contribution in [0.4, 0.5) is 0 Å². The predicted molar refractivity (Wildman–Crippen MR) is 67.4 cm³/mol.